The number of aliphatic hydroxyl groups excluding tert-OH is 2. The Morgan fingerprint density at radius 3 is 2.36 bits per heavy atom. The number of aliphatic hydroxyl groups is 3. The van der Waals surface area contributed by atoms with Crippen molar-refractivity contribution in [1.29, 1.82) is 0 Å². The van der Waals surface area contributed by atoms with Crippen LogP contribution in [0.4, 0.5) is 0 Å². The van der Waals surface area contributed by atoms with E-state index in [9.17, 15) is 34.5 Å². The third kappa shape index (κ3) is 11.4. The summed E-state index contributed by atoms with van der Waals surface area (Å²) in [5.74, 6) is -4.59. The molecule has 6 unspecified atom stereocenters. The molecule has 2 heterocycles. The lowest BCUT2D eigenvalue weighted by atomic mass is 9.82. The van der Waals surface area contributed by atoms with Gasteiger partial charge in [0.2, 0.25) is 5.79 Å². The molecule has 2 saturated carbocycles. The zero-order valence-corrected chi connectivity index (χ0v) is 35.2. The van der Waals surface area contributed by atoms with E-state index in [-0.39, 0.29) is 43.1 Å². The minimum Gasteiger partial charge on any atom is -0.467 e. The summed E-state index contributed by atoms with van der Waals surface area (Å²) in [5.41, 5.74) is 2.28. The van der Waals surface area contributed by atoms with E-state index < -0.39 is 59.8 Å². The first kappa shape index (κ1) is 46.2. The summed E-state index contributed by atoms with van der Waals surface area (Å²) in [6, 6.07) is -0.901. The van der Waals surface area contributed by atoms with Crippen molar-refractivity contribution in [1.82, 2.24) is 4.90 Å². The van der Waals surface area contributed by atoms with Crippen LogP contribution in [0.15, 0.2) is 23.3 Å². The topological polar surface area (TPSA) is 169 Å². The predicted octanol–water partition coefficient (Wildman–Crippen LogP) is 5.49. The molecule has 4 fully saturated rings. The van der Waals surface area contributed by atoms with Gasteiger partial charge in [-0.05, 0) is 121 Å². The number of carbonyl (C=O) groups excluding carboxylic acids is 4. The molecule has 2 aliphatic heterocycles. The van der Waals surface area contributed by atoms with Gasteiger partial charge in [0, 0.05) is 39.0 Å². The van der Waals surface area contributed by atoms with Crippen molar-refractivity contribution in [3.8, 4) is 0 Å². The van der Waals surface area contributed by atoms with Crippen molar-refractivity contribution < 1.29 is 53.4 Å². The Balaban J connectivity index is 1.32. The molecule has 0 aromatic carbocycles. The van der Waals surface area contributed by atoms with E-state index in [0.717, 1.165) is 37.7 Å². The van der Waals surface area contributed by atoms with E-state index in [0.29, 0.717) is 62.7 Å². The molecular formula is C44H71NO11. The zero-order chi connectivity index (χ0) is 41.3. The number of ketones is 2. The minimum atomic E-state index is -2.45. The number of nitrogens with zero attached hydrogens (tertiary/aromatic N) is 1. The molecular weight excluding hydrogens is 718 g/mol. The van der Waals surface area contributed by atoms with Crippen molar-refractivity contribution in [2.75, 3.05) is 27.9 Å². The van der Waals surface area contributed by atoms with Crippen molar-refractivity contribution in [2.24, 2.45) is 35.5 Å². The van der Waals surface area contributed by atoms with Crippen LogP contribution in [0, 0.1) is 35.5 Å². The van der Waals surface area contributed by atoms with Crippen LogP contribution in [0.1, 0.15) is 125 Å². The molecule has 4 rings (SSSR count). The van der Waals surface area contributed by atoms with Crippen LogP contribution in [0.25, 0.3) is 0 Å². The van der Waals surface area contributed by atoms with Crippen LogP contribution in [0.2, 0.25) is 0 Å². The summed E-state index contributed by atoms with van der Waals surface area (Å²) in [7, 11) is 4.31. The van der Waals surface area contributed by atoms with Crippen molar-refractivity contribution in [3.05, 3.63) is 23.3 Å². The summed E-state index contributed by atoms with van der Waals surface area (Å²) in [5, 5.41) is 32.9. The standard InChI is InChI=1S/C44H71NO11/c1-9-30(37(48)25-34(46)15-13-26(2)19-32-24-33-23-31(32)14-16-36(33)47)20-27(3)18-28(4)21-38(53-6)40-39(54-7)22-29(5)44(52,56-40)41(49)42(50)45-17-11-10-12-35(45)43(51)55-8/h19-20,28-36,38-40,46-47,52H,9-18,21-25H2,1-8H3/b26-19+,27-20+/t28-,29+,30?,31?,32?,33?,34+,35-,36?,38-,39?,40+,44+/m0/s1. The number of piperidine rings is 1. The van der Waals surface area contributed by atoms with Gasteiger partial charge < -0.3 is 39.2 Å². The average molecular weight is 790 g/mol. The van der Waals surface area contributed by atoms with Crippen LogP contribution < -0.4 is 0 Å². The van der Waals surface area contributed by atoms with Crippen LogP contribution in [0.5, 0.6) is 0 Å². The highest BCUT2D eigenvalue weighted by molar-refractivity contribution is 6.39. The van der Waals surface area contributed by atoms with Crippen LogP contribution in [-0.2, 0) is 38.1 Å². The summed E-state index contributed by atoms with van der Waals surface area (Å²) in [6.07, 6.45) is 10.7. The Bertz CT molecular complexity index is 1410. The van der Waals surface area contributed by atoms with E-state index >= 15 is 0 Å². The number of esters is 1. The van der Waals surface area contributed by atoms with Gasteiger partial charge in [-0.15, -0.1) is 0 Å². The molecule has 56 heavy (non-hydrogen) atoms. The van der Waals surface area contributed by atoms with Gasteiger partial charge in [-0.2, -0.15) is 0 Å². The van der Waals surface area contributed by atoms with Crippen LogP contribution >= 0.6 is 0 Å². The molecule has 4 aliphatic rings. The second kappa shape index (κ2) is 21.0. The molecule has 0 aromatic rings. The lowest BCUT2D eigenvalue weighted by molar-refractivity contribution is -0.302. The molecule has 0 spiro atoms. The lowest BCUT2D eigenvalue weighted by Crippen LogP contribution is -2.64. The first-order chi connectivity index (χ1) is 26.6. The number of fused-ring (bicyclic) bond motifs is 2. The average Bonchev–Trinajstić information content (AvgIpc) is 3.52. The van der Waals surface area contributed by atoms with Gasteiger partial charge in [0.05, 0.1) is 31.5 Å². The number of hydrogen-bond acceptors (Lipinski definition) is 11. The van der Waals surface area contributed by atoms with Crippen LogP contribution in [-0.4, -0.2) is 114 Å². The smallest absolute Gasteiger partial charge is 0.328 e. The number of rotatable bonds is 19. The number of amides is 1. The lowest BCUT2D eigenvalue weighted by Gasteiger charge is -2.47. The van der Waals surface area contributed by atoms with Gasteiger partial charge in [0.15, 0.2) is 0 Å². The summed E-state index contributed by atoms with van der Waals surface area (Å²) >= 11 is 0. The molecule has 1 amide bonds. The fraction of sp³-hybridized carbons (Fsp3) is 0.818. The number of likely N-dealkylation sites (tertiary alicyclic amines) is 1. The maximum absolute atomic E-state index is 13.8. The molecule has 12 heteroatoms. The largest absolute Gasteiger partial charge is 0.467 e. The van der Waals surface area contributed by atoms with E-state index in [2.05, 4.69) is 19.9 Å². The van der Waals surface area contributed by atoms with E-state index in [1.807, 2.05) is 19.9 Å². The first-order valence-corrected chi connectivity index (χ1v) is 21.2. The maximum Gasteiger partial charge on any atom is 0.328 e. The zero-order valence-electron chi connectivity index (χ0n) is 35.2. The highest BCUT2D eigenvalue weighted by atomic mass is 16.7. The van der Waals surface area contributed by atoms with Gasteiger partial charge >= 0.3 is 5.97 Å². The number of carbonyl (C=O) groups is 4. The van der Waals surface area contributed by atoms with Crippen LogP contribution in [0.3, 0.4) is 0 Å². The third-order valence-electron chi connectivity index (χ3n) is 13.3. The number of Topliss-reactive ketones (excluding diaryl/α,β-unsaturated/α-hetero) is 2. The Morgan fingerprint density at radius 1 is 0.982 bits per heavy atom. The van der Waals surface area contributed by atoms with Crippen molar-refractivity contribution in [3.63, 3.8) is 0 Å². The number of methoxy groups -OCH3 is 3. The summed E-state index contributed by atoms with van der Waals surface area (Å²) in [6.45, 7) is 9.98. The van der Waals surface area contributed by atoms with E-state index in [1.165, 1.54) is 31.8 Å². The highest BCUT2D eigenvalue weighted by Gasteiger charge is 2.56. The minimum absolute atomic E-state index is 0.0237. The Labute approximate surface area is 334 Å². The van der Waals surface area contributed by atoms with Gasteiger partial charge in [0.1, 0.15) is 17.9 Å². The second-order valence-corrected chi connectivity index (χ2v) is 17.6. The molecule has 0 radical (unpaired) electrons. The second-order valence-electron chi connectivity index (χ2n) is 17.6. The number of hydrogen-bond donors (Lipinski definition) is 3. The molecule has 12 nitrogen and oxygen atoms in total. The maximum atomic E-state index is 13.8. The SMILES string of the molecule is CCC(/C=C(\C)C[C@H](C)C[C@H](OC)[C@H]1O[C@@](O)(C(=O)C(=O)N2CCCC[C@H]2C(=O)OC)[C@H](C)CC1OC)C(=O)C[C@H](O)CC/C(C)=C/C1CC2CC1CCC2O. The summed E-state index contributed by atoms with van der Waals surface area (Å²) < 4.78 is 22.7. The molecule has 2 aliphatic carbocycles. The van der Waals surface area contributed by atoms with E-state index in [1.54, 1.807) is 6.92 Å². The van der Waals surface area contributed by atoms with Gasteiger partial charge in [-0.3, -0.25) is 14.4 Å². The predicted molar refractivity (Wildman–Crippen MR) is 211 cm³/mol. The third-order valence-corrected chi connectivity index (χ3v) is 13.3. The molecule has 2 saturated heterocycles. The normalized spacial score (nSPS) is 33.4. The first-order valence-electron chi connectivity index (χ1n) is 21.2. The molecule has 3 N–H and O–H groups in total. The van der Waals surface area contributed by atoms with Gasteiger partial charge in [-0.1, -0.05) is 44.1 Å². The molecule has 13 atom stereocenters. The Morgan fingerprint density at radius 2 is 1.71 bits per heavy atom. The van der Waals surface area contributed by atoms with Gasteiger partial charge in [0.25, 0.3) is 11.7 Å². The number of allylic oxidation sites excluding steroid dienone is 4. The Hall–Kier alpha value is -2.48. The molecule has 0 aromatic heterocycles. The quantitative estimate of drug-likeness (QED) is 0.0861. The van der Waals surface area contributed by atoms with Gasteiger partial charge in [-0.25, -0.2) is 4.79 Å². The Kier molecular flexibility index (Phi) is 17.3. The van der Waals surface area contributed by atoms with E-state index in [4.69, 9.17) is 18.9 Å². The highest BCUT2D eigenvalue weighted by Crippen LogP contribution is 2.47. The molecule has 318 valence electrons. The van der Waals surface area contributed by atoms with Crippen molar-refractivity contribution in [2.45, 2.75) is 167 Å². The number of ether oxygens (including phenoxy) is 4. The monoisotopic (exact) mass is 790 g/mol. The van der Waals surface area contributed by atoms with Crippen molar-refractivity contribution >= 4 is 23.4 Å². The molecule has 2 bridgehead atoms. The summed E-state index contributed by atoms with van der Waals surface area (Å²) in [4.78, 5) is 54.3. The fourth-order valence-electron chi connectivity index (χ4n) is 9.95. The fourth-order valence-corrected chi connectivity index (χ4v) is 9.95.